The van der Waals surface area contributed by atoms with Gasteiger partial charge in [0.1, 0.15) is 0 Å². The van der Waals surface area contributed by atoms with Crippen LogP contribution in [0.25, 0.3) is 0 Å². The van der Waals surface area contributed by atoms with E-state index in [1.807, 2.05) is 20.8 Å². The summed E-state index contributed by atoms with van der Waals surface area (Å²) in [4.78, 5) is 10.4. The highest BCUT2D eigenvalue weighted by Gasteiger charge is 2.15. The molecule has 0 amide bonds. The van der Waals surface area contributed by atoms with Crippen molar-refractivity contribution in [3.05, 3.63) is 12.3 Å². The molecule has 70 valence electrons. The molecule has 0 heterocycles. The van der Waals surface area contributed by atoms with Crippen LogP contribution >= 0.6 is 0 Å². The van der Waals surface area contributed by atoms with E-state index in [4.69, 9.17) is 5.11 Å². The third-order valence-corrected chi connectivity index (χ3v) is 1.63. The fourth-order valence-electron chi connectivity index (χ4n) is 0.958. The fourth-order valence-corrected chi connectivity index (χ4v) is 0.958. The van der Waals surface area contributed by atoms with Gasteiger partial charge in [0.05, 0.1) is 6.42 Å². The first kappa shape index (κ1) is 11.0. The largest absolute Gasteiger partial charge is 0.481 e. The van der Waals surface area contributed by atoms with Gasteiger partial charge in [-0.25, -0.2) is 0 Å². The van der Waals surface area contributed by atoms with Crippen LogP contribution in [0.3, 0.4) is 0 Å². The zero-order valence-corrected chi connectivity index (χ0v) is 7.92. The number of nitrogens with one attached hydrogen (secondary N) is 1. The van der Waals surface area contributed by atoms with Gasteiger partial charge >= 0.3 is 5.97 Å². The van der Waals surface area contributed by atoms with Crippen molar-refractivity contribution in [1.29, 1.82) is 0 Å². The summed E-state index contributed by atoms with van der Waals surface area (Å²) < 4.78 is 0. The Morgan fingerprint density at radius 3 is 2.33 bits per heavy atom. The Labute approximate surface area is 73.5 Å². The maximum absolute atomic E-state index is 10.4. The summed E-state index contributed by atoms with van der Waals surface area (Å²) in [5.74, 6) is -0.472. The van der Waals surface area contributed by atoms with Crippen molar-refractivity contribution in [1.82, 2.24) is 5.32 Å². The number of rotatable bonds is 5. The molecule has 0 aromatic carbocycles. The van der Waals surface area contributed by atoms with Crippen molar-refractivity contribution in [2.45, 2.75) is 33.2 Å². The normalized spacial score (nSPS) is 12.7. The lowest BCUT2D eigenvalue weighted by atomic mass is 10.0. The van der Waals surface area contributed by atoms with E-state index in [9.17, 15) is 4.79 Å². The lowest BCUT2D eigenvalue weighted by Gasteiger charge is -2.21. The van der Waals surface area contributed by atoms with E-state index >= 15 is 0 Å². The van der Waals surface area contributed by atoms with Crippen molar-refractivity contribution in [2.75, 3.05) is 0 Å². The minimum atomic E-state index is -0.776. The van der Waals surface area contributed by atoms with E-state index in [0.29, 0.717) is 5.92 Å². The first-order valence-electron chi connectivity index (χ1n) is 4.07. The van der Waals surface area contributed by atoms with Crippen LogP contribution in [0.4, 0.5) is 0 Å². The Balaban J connectivity index is 4.04. The molecule has 1 atom stereocenters. The lowest BCUT2D eigenvalue weighted by Crippen LogP contribution is -2.34. The SMILES string of the molecule is C=C(C)NC(CC(=O)O)C(C)C. The second-order valence-electron chi connectivity index (χ2n) is 3.37. The van der Waals surface area contributed by atoms with E-state index in [-0.39, 0.29) is 12.5 Å². The monoisotopic (exact) mass is 171 g/mol. The average Bonchev–Trinajstić information content (AvgIpc) is 1.83. The van der Waals surface area contributed by atoms with Gasteiger partial charge in [0.15, 0.2) is 0 Å². The van der Waals surface area contributed by atoms with Crippen molar-refractivity contribution < 1.29 is 9.90 Å². The molecular weight excluding hydrogens is 154 g/mol. The second kappa shape index (κ2) is 4.80. The smallest absolute Gasteiger partial charge is 0.305 e. The van der Waals surface area contributed by atoms with Crippen LogP contribution in [-0.4, -0.2) is 17.1 Å². The third-order valence-electron chi connectivity index (χ3n) is 1.63. The molecular formula is C9H17NO2. The van der Waals surface area contributed by atoms with Crippen LogP contribution in [0.5, 0.6) is 0 Å². The number of carbonyl (C=O) groups is 1. The highest BCUT2D eigenvalue weighted by Crippen LogP contribution is 2.07. The van der Waals surface area contributed by atoms with Crippen LogP contribution in [0.2, 0.25) is 0 Å². The van der Waals surface area contributed by atoms with Gasteiger partial charge in [0.2, 0.25) is 0 Å². The van der Waals surface area contributed by atoms with Gasteiger partial charge in [-0.3, -0.25) is 4.79 Å². The molecule has 0 aliphatic carbocycles. The van der Waals surface area contributed by atoms with Crippen molar-refractivity contribution in [2.24, 2.45) is 5.92 Å². The number of carboxylic acid groups (broad SMARTS) is 1. The van der Waals surface area contributed by atoms with Crippen molar-refractivity contribution in [3.63, 3.8) is 0 Å². The molecule has 0 aliphatic rings. The Kier molecular flexibility index (Phi) is 4.40. The zero-order chi connectivity index (χ0) is 9.72. The molecule has 1 unspecified atom stereocenters. The second-order valence-corrected chi connectivity index (χ2v) is 3.37. The first-order valence-corrected chi connectivity index (χ1v) is 4.07. The van der Waals surface area contributed by atoms with Crippen LogP contribution in [0.15, 0.2) is 12.3 Å². The van der Waals surface area contributed by atoms with E-state index < -0.39 is 5.97 Å². The van der Waals surface area contributed by atoms with Gasteiger partial charge < -0.3 is 10.4 Å². The van der Waals surface area contributed by atoms with E-state index in [0.717, 1.165) is 5.70 Å². The maximum Gasteiger partial charge on any atom is 0.305 e. The molecule has 3 nitrogen and oxygen atoms in total. The number of allylic oxidation sites excluding steroid dienone is 1. The Morgan fingerprint density at radius 2 is 2.08 bits per heavy atom. The molecule has 0 spiro atoms. The molecule has 12 heavy (non-hydrogen) atoms. The molecule has 3 heteroatoms. The van der Waals surface area contributed by atoms with Gasteiger partial charge in [-0.2, -0.15) is 0 Å². The minimum absolute atomic E-state index is 0.0139. The number of carboxylic acids is 1. The van der Waals surface area contributed by atoms with Crippen LogP contribution in [-0.2, 0) is 4.79 Å². The maximum atomic E-state index is 10.4. The number of hydrogen-bond acceptors (Lipinski definition) is 2. The molecule has 0 aliphatic heterocycles. The summed E-state index contributed by atoms with van der Waals surface area (Å²) in [6.45, 7) is 9.49. The van der Waals surface area contributed by atoms with E-state index in [2.05, 4.69) is 11.9 Å². The summed E-state index contributed by atoms with van der Waals surface area (Å²) in [5.41, 5.74) is 0.815. The van der Waals surface area contributed by atoms with Crippen LogP contribution in [0.1, 0.15) is 27.2 Å². The summed E-state index contributed by atoms with van der Waals surface area (Å²) in [7, 11) is 0. The molecule has 0 aromatic heterocycles. The zero-order valence-electron chi connectivity index (χ0n) is 7.92. The van der Waals surface area contributed by atoms with Crippen LogP contribution < -0.4 is 5.32 Å². The van der Waals surface area contributed by atoms with Gasteiger partial charge in [0.25, 0.3) is 0 Å². The fraction of sp³-hybridized carbons (Fsp3) is 0.667. The van der Waals surface area contributed by atoms with Gasteiger partial charge in [-0.05, 0) is 12.8 Å². The Hall–Kier alpha value is -0.990. The predicted molar refractivity (Wildman–Crippen MR) is 48.8 cm³/mol. The quantitative estimate of drug-likeness (QED) is 0.660. The topological polar surface area (TPSA) is 49.3 Å². The average molecular weight is 171 g/mol. The summed E-state index contributed by atoms with van der Waals surface area (Å²) in [6, 6.07) is -0.0139. The molecule has 0 saturated heterocycles. The standard InChI is InChI=1S/C9H17NO2/c1-6(2)8(5-9(11)12)10-7(3)4/h6,8,10H,3,5H2,1-2,4H3,(H,11,12). The van der Waals surface area contributed by atoms with Crippen LogP contribution in [0, 0.1) is 5.92 Å². The Bertz CT molecular complexity index is 159. The summed E-state index contributed by atoms with van der Waals surface area (Å²) in [6.07, 6.45) is 0.143. The molecule has 0 aromatic rings. The van der Waals surface area contributed by atoms with Gasteiger partial charge in [-0.1, -0.05) is 20.4 Å². The van der Waals surface area contributed by atoms with Crippen molar-refractivity contribution >= 4 is 5.97 Å². The summed E-state index contributed by atoms with van der Waals surface area (Å²) >= 11 is 0. The lowest BCUT2D eigenvalue weighted by molar-refractivity contribution is -0.137. The molecule has 0 fully saturated rings. The van der Waals surface area contributed by atoms with E-state index in [1.54, 1.807) is 0 Å². The predicted octanol–water partition coefficient (Wildman–Crippen LogP) is 1.61. The molecule has 2 N–H and O–H groups in total. The molecule has 0 rings (SSSR count). The molecule has 0 saturated carbocycles. The highest BCUT2D eigenvalue weighted by atomic mass is 16.4. The minimum Gasteiger partial charge on any atom is -0.481 e. The molecule has 0 bridgehead atoms. The number of aliphatic carboxylic acids is 1. The number of hydrogen-bond donors (Lipinski definition) is 2. The van der Waals surface area contributed by atoms with Gasteiger partial charge in [0, 0.05) is 11.7 Å². The van der Waals surface area contributed by atoms with E-state index in [1.165, 1.54) is 0 Å². The summed E-state index contributed by atoms with van der Waals surface area (Å²) in [5, 5.41) is 11.6. The highest BCUT2D eigenvalue weighted by molar-refractivity contribution is 5.67. The third kappa shape index (κ3) is 4.77. The van der Waals surface area contributed by atoms with Gasteiger partial charge in [-0.15, -0.1) is 0 Å². The molecule has 0 radical (unpaired) electrons. The van der Waals surface area contributed by atoms with Crippen molar-refractivity contribution in [3.8, 4) is 0 Å². The Morgan fingerprint density at radius 1 is 1.58 bits per heavy atom. The first-order chi connectivity index (χ1) is 5.43.